The van der Waals surface area contributed by atoms with Crippen LogP contribution in [0, 0.1) is 11.3 Å². The summed E-state index contributed by atoms with van der Waals surface area (Å²) in [6, 6.07) is 9.34. The summed E-state index contributed by atoms with van der Waals surface area (Å²) < 4.78 is 5.60. The molecule has 1 aromatic carbocycles. The fourth-order valence-electron chi connectivity index (χ4n) is 0.978. The van der Waals surface area contributed by atoms with E-state index in [1.165, 1.54) is 0 Å². The zero-order chi connectivity index (χ0) is 9.90. The van der Waals surface area contributed by atoms with Crippen LogP contribution in [0.2, 0.25) is 0 Å². The number of nitrogens with zero attached hydrogens (tertiary/aromatic N) is 1. The minimum Gasteiger partial charge on any atom is -0.487 e. The minimum absolute atomic E-state index is 0.257. The van der Waals surface area contributed by atoms with Gasteiger partial charge in [-0.1, -0.05) is 12.1 Å². The minimum atomic E-state index is -0.257. The first-order chi connectivity index (χ1) is 6.03. The van der Waals surface area contributed by atoms with Gasteiger partial charge in [-0.25, -0.2) is 0 Å². The molecule has 0 aromatic heterocycles. The SMILES string of the molecule is CC(C)(C)Oc1ccccc1C#N. The van der Waals surface area contributed by atoms with Gasteiger partial charge in [-0.3, -0.25) is 0 Å². The first-order valence-corrected chi connectivity index (χ1v) is 4.21. The first kappa shape index (κ1) is 9.60. The molecule has 0 heterocycles. The highest BCUT2D eigenvalue weighted by atomic mass is 16.5. The van der Waals surface area contributed by atoms with Crippen LogP contribution in [0.15, 0.2) is 24.3 Å². The molecule has 0 saturated carbocycles. The van der Waals surface area contributed by atoms with Gasteiger partial charge >= 0.3 is 0 Å². The third kappa shape index (κ3) is 2.79. The van der Waals surface area contributed by atoms with E-state index >= 15 is 0 Å². The maximum atomic E-state index is 8.79. The van der Waals surface area contributed by atoms with Crippen LogP contribution in [0.3, 0.4) is 0 Å². The van der Waals surface area contributed by atoms with Crippen LogP contribution in [0.5, 0.6) is 5.75 Å². The highest BCUT2D eigenvalue weighted by molar-refractivity contribution is 5.42. The molecule has 2 nitrogen and oxygen atoms in total. The van der Waals surface area contributed by atoms with E-state index in [-0.39, 0.29) is 5.60 Å². The Hall–Kier alpha value is -1.49. The van der Waals surface area contributed by atoms with Crippen molar-refractivity contribution in [2.45, 2.75) is 26.4 Å². The maximum Gasteiger partial charge on any atom is 0.137 e. The lowest BCUT2D eigenvalue weighted by Crippen LogP contribution is -2.23. The van der Waals surface area contributed by atoms with Gasteiger partial charge in [0.15, 0.2) is 0 Å². The fourth-order valence-corrected chi connectivity index (χ4v) is 0.978. The average Bonchev–Trinajstić information content (AvgIpc) is 2.02. The molecule has 0 unspecified atom stereocenters. The van der Waals surface area contributed by atoms with Crippen LogP contribution in [-0.4, -0.2) is 5.60 Å². The molecule has 0 spiro atoms. The Bertz CT molecular complexity index is 331. The molecular formula is C11H13NO. The number of rotatable bonds is 1. The van der Waals surface area contributed by atoms with Gasteiger partial charge < -0.3 is 4.74 Å². The monoisotopic (exact) mass is 175 g/mol. The van der Waals surface area contributed by atoms with E-state index in [9.17, 15) is 0 Å². The van der Waals surface area contributed by atoms with Gasteiger partial charge in [-0.05, 0) is 32.9 Å². The quantitative estimate of drug-likeness (QED) is 0.657. The number of ether oxygens (including phenoxy) is 1. The largest absolute Gasteiger partial charge is 0.487 e. The summed E-state index contributed by atoms with van der Waals surface area (Å²) in [7, 11) is 0. The summed E-state index contributed by atoms with van der Waals surface area (Å²) in [5.74, 6) is 0.650. The predicted molar refractivity (Wildman–Crippen MR) is 51.5 cm³/mol. The van der Waals surface area contributed by atoms with Crippen molar-refractivity contribution >= 4 is 0 Å². The molecule has 0 aliphatic rings. The lowest BCUT2D eigenvalue weighted by Gasteiger charge is -2.21. The summed E-state index contributed by atoms with van der Waals surface area (Å²) in [5.41, 5.74) is 0.324. The second-order valence-electron chi connectivity index (χ2n) is 3.82. The van der Waals surface area contributed by atoms with E-state index in [1.807, 2.05) is 39.0 Å². The van der Waals surface area contributed by atoms with Crippen LogP contribution in [0.1, 0.15) is 26.3 Å². The molecule has 1 rings (SSSR count). The van der Waals surface area contributed by atoms with Crippen molar-refractivity contribution in [1.82, 2.24) is 0 Å². The Kier molecular flexibility index (Phi) is 2.57. The van der Waals surface area contributed by atoms with Gasteiger partial charge in [-0.2, -0.15) is 5.26 Å². The molecule has 0 bridgehead atoms. The van der Waals surface area contributed by atoms with Gasteiger partial charge in [0, 0.05) is 0 Å². The summed E-state index contributed by atoms with van der Waals surface area (Å²) >= 11 is 0. The number of benzene rings is 1. The van der Waals surface area contributed by atoms with Crippen LogP contribution in [-0.2, 0) is 0 Å². The Balaban J connectivity index is 2.96. The molecule has 0 saturated heterocycles. The van der Waals surface area contributed by atoms with E-state index in [1.54, 1.807) is 6.07 Å². The van der Waals surface area contributed by atoms with E-state index in [0.29, 0.717) is 11.3 Å². The van der Waals surface area contributed by atoms with Crippen LogP contribution >= 0.6 is 0 Å². The van der Waals surface area contributed by atoms with Crippen molar-refractivity contribution in [1.29, 1.82) is 5.26 Å². The average molecular weight is 175 g/mol. The summed E-state index contributed by atoms with van der Waals surface area (Å²) in [6.07, 6.45) is 0. The molecule has 0 radical (unpaired) electrons. The maximum absolute atomic E-state index is 8.79. The molecule has 1 aromatic rings. The summed E-state index contributed by atoms with van der Waals surface area (Å²) in [6.45, 7) is 5.88. The lowest BCUT2D eigenvalue weighted by molar-refractivity contribution is 0.130. The fraction of sp³-hybridized carbons (Fsp3) is 0.364. The van der Waals surface area contributed by atoms with E-state index < -0.39 is 0 Å². The van der Waals surface area contributed by atoms with E-state index in [4.69, 9.17) is 10.00 Å². The predicted octanol–water partition coefficient (Wildman–Crippen LogP) is 2.74. The second-order valence-corrected chi connectivity index (χ2v) is 3.82. The van der Waals surface area contributed by atoms with Gasteiger partial charge in [0.05, 0.1) is 5.56 Å². The third-order valence-electron chi connectivity index (χ3n) is 1.42. The van der Waals surface area contributed by atoms with Crippen LogP contribution in [0.25, 0.3) is 0 Å². The second kappa shape index (κ2) is 3.49. The van der Waals surface area contributed by atoms with Crippen molar-refractivity contribution in [2.24, 2.45) is 0 Å². The molecule has 0 aliphatic carbocycles. The smallest absolute Gasteiger partial charge is 0.137 e. The van der Waals surface area contributed by atoms with Crippen LogP contribution < -0.4 is 4.74 Å². The number of para-hydroxylation sites is 1. The van der Waals surface area contributed by atoms with Crippen molar-refractivity contribution < 1.29 is 4.74 Å². The van der Waals surface area contributed by atoms with Crippen molar-refractivity contribution in [3.63, 3.8) is 0 Å². The summed E-state index contributed by atoms with van der Waals surface area (Å²) in [4.78, 5) is 0. The van der Waals surface area contributed by atoms with Crippen molar-refractivity contribution in [2.75, 3.05) is 0 Å². The Morgan fingerprint density at radius 1 is 1.23 bits per heavy atom. The number of hydrogen-bond acceptors (Lipinski definition) is 2. The topological polar surface area (TPSA) is 33.0 Å². The molecule has 0 fully saturated rings. The molecule has 0 atom stereocenters. The van der Waals surface area contributed by atoms with Crippen molar-refractivity contribution in [3.8, 4) is 11.8 Å². The Morgan fingerprint density at radius 2 is 1.85 bits per heavy atom. The molecule has 0 aliphatic heterocycles. The lowest BCUT2D eigenvalue weighted by atomic mass is 10.1. The summed E-state index contributed by atoms with van der Waals surface area (Å²) in [5, 5.41) is 8.79. The zero-order valence-corrected chi connectivity index (χ0v) is 8.16. The van der Waals surface area contributed by atoms with Gasteiger partial charge in [0.25, 0.3) is 0 Å². The Labute approximate surface area is 78.8 Å². The van der Waals surface area contributed by atoms with Gasteiger partial charge in [0.1, 0.15) is 17.4 Å². The van der Waals surface area contributed by atoms with Crippen molar-refractivity contribution in [3.05, 3.63) is 29.8 Å². The molecule has 0 amide bonds. The number of nitriles is 1. The van der Waals surface area contributed by atoms with Gasteiger partial charge in [-0.15, -0.1) is 0 Å². The molecule has 2 heteroatoms. The van der Waals surface area contributed by atoms with E-state index in [0.717, 1.165) is 0 Å². The molecule has 0 N–H and O–H groups in total. The van der Waals surface area contributed by atoms with Crippen LogP contribution in [0.4, 0.5) is 0 Å². The Morgan fingerprint density at radius 3 is 2.38 bits per heavy atom. The van der Waals surface area contributed by atoms with Gasteiger partial charge in [0.2, 0.25) is 0 Å². The normalized spacial score (nSPS) is 10.6. The standard InChI is InChI=1S/C11H13NO/c1-11(2,3)13-10-7-5-4-6-9(10)8-12/h4-7H,1-3H3. The highest BCUT2D eigenvalue weighted by Gasteiger charge is 2.13. The molecule has 13 heavy (non-hydrogen) atoms. The highest BCUT2D eigenvalue weighted by Crippen LogP contribution is 2.21. The molecule has 68 valence electrons. The van der Waals surface area contributed by atoms with E-state index in [2.05, 4.69) is 6.07 Å². The first-order valence-electron chi connectivity index (χ1n) is 4.21. The zero-order valence-electron chi connectivity index (χ0n) is 8.16. The number of hydrogen-bond donors (Lipinski definition) is 0. The molecular weight excluding hydrogens is 162 g/mol. The third-order valence-corrected chi connectivity index (χ3v) is 1.42.